The highest BCUT2D eigenvalue weighted by atomic mass is 32.2. The fraction of sp³-hybridized carbons (Fsp3) is 0.800. The molecule has 0 atom stereocenters. The third kappa shape index (κ3) is 6.24. The second kappa shape index (κ2) is 5.38. The Balaban J connectivity index is 2.82. The van der Waals surface area contributed by atoms with Crippen LogP contribution in [0.15, 0.2) is 0 Å². The maximum atomic E-state index is 4.98. The van der Waals surface area contributed by atoms with Gasteiger partial charge in [-0.15, -0.1) is 11.8 Å². The molecule has 0 aliphatic heterocycles. The van der Waals surface area contributed by atoms with Gasteiger partial charge in [0.2, 0.25) is 0 Å². The molecule has 1 nitrogen and oxygen atoms in total. The molecule has 0 fully saturated rings. The van der Waals surface area contributed by atoms with Crippen LogP contribution in [-0.4, -0.2) is 16.7 Å². The Morgan fingerprint density at radius 1 is 1.75 bits per heavy atom. The van der Waals surface area contributed by atoms with E-state index >= 15 is 0 Å². The number of hydrogen-bond acceptors (Lipinski definition) is 3. The summed E-state index contributed by atoms with van der Waals surface area (Å²) in [5, 5.41) is 0.631. The molecule has 0 amide bonds. The maximum Gasteiger partial charge on any atom is 0.157 e. The summed E-state index contributed by atoms with van der Waals surface area (Å²) in [6.45, 7) is 3.87. The molecule has 0 aliphatic carbocycles. The highest BCUT2D eigenvalue weighted by Crippen LogP contribution is 1.98. The summed E-state index contributed by atoms with van der Waals surface area (Å²) >= 11 is 6.40. The summed E-state index contributed by atoms with van der Waals surface area (Å²) < 4.78 is 4.98. The molecule has 0 bridgehead atoms. The second-order valence-corrected chi connectivity index (χ2v) is 3.04. The van der Waals surface area contributed by atoms with Crippen molar-refractivity contribution in [3.63, 3.8) is 0 Å². The van der Waals surface area contributed by atoms with Gasteiger partial charge in [0.1, 0.15) is 5.94 Å². The summed E-state index contributed by atoms with van der Waals surface area (Å²) in [7, 11) is 0. The van der Waals surface area contributed by atoms with Crippen LogP contribution in [0.1, 0.15) is 13.8 Å². The topological polar surface area (TPSA) is 9.23 Å². The smallest absolute Gasteiger partial charge is 0.157 e. The van der Waals surface area contributed by atoms with E-state index in [1.54, 1.807) is 18.7 Å². The molecule has 0 rings (SSSR count). The average Bonchev–Trinajstić information content (AvgIpc) is 1.66. The van der Waals surface area contributed by atoms with Gasteiger partial charge in [0.15, 0.2) is 5.05 Å². The largest absolute Gasteiger partial charge is 0.477 e. The van der Waals surface area contributed by atoms with Crippen LogP contribution in [0, 0.1) is 0 Å². The Bertz CT molecular complexity index is 72.8. The van der Waals surface area contributed by atoms with Crippen molar-refractivity contribution in [2.45, 2.75) is 13.8 Å². The van der Waals surface area contributed by atoms with Crippen molar-refractivity contribution < 1.29 is 4.74 Å². The molecule has 0 aromatic heterocycles. The van der Waals surface area contributed by atoms with E-state index in [0.29, 0.717) is 11.0 Å². The summed E-state index contributed by atoms with van der Waals surface area (Å²) in [5.41, 5.74) is 0. The Kier molecular flexibility index (Phi) is 5.54. The van der Waals surface area contributed by atoms with Gasteiger partial charge in [-0.25, -0.2) is 0 Å². The lowest BCUT2D eigenvalue weighted by molar-refractivity contribution is 0.389. The van der Waals surface area contributed by atoms with E-state index in [1.165, 1.54) is 0 Å². The number of thiocarbonyl (C=S) groups is 1. The lowest BCUT2D eigenvalue weighted by Gasteiger charge is -1.98. The van der Waals surface area contributed by atoms with Crippen LogP contribution in [0.4, 0.5) is 0 Å². The predicted octanol–water partition coefficient (Wildman–Crippen LogP) is 2.06. The van der Waals surface area contributed by atoms with Gasteiger partial charge in [-0.1, -0.05) is 6.92 Å². The lowest BCUT2D eigenvalue weighted by atomic mass is 10.9. The number of ether oxygens (including phenoxy) is 1. The van der Waals surface area contributed by atoms with Crippen LogP contribution < -0.4 is 0 Å². The minimum absolute atomic E-state index is 0.631. The van der Waals surface area contributed by atoms with E-state index in [1.807, 2.05) is 0 Å². The van der Waals surface area contributed by atoms with Crippen molar-refractivity contribution in [2.75, 3.05) is 11.7 Å². The Morgan fingerprint density at radius 2 is 2.38 bits per heavy atom. The van der Waals surface area contributed by atoms with E-state index in [4.69, 9.17) is 4.74 Å². The second-order valence-electron chi connectivity index (χ2n) is 1.25. The van der Waals surface area contributed by atoms with Crippen molar-refractivity contribution in [1.29, 1.82) is 0 Å². The summed E-state index contributed by atoms with van der Waals surface area (Å²) in [5.74, 6) is 1.79. The number of rotatable bonds is 3. The molecule has 0 aliphatic rings. The van der Waals surface area contributed by atoms with Gasteiger partial charge in [-0.2, -0.15) is 0 Å². The summed E-state index contributed by atoms with van der Waals surface area (Å²) in [6, 6.07) is 0. The molecule has 48 valence electrons. The van der Waals surface area contributed by atoms with Crippen LogP contribution >= 0.6 is 24.0 Å². The standard InChI is InChI=1S/C5H10OS2/c1-3-8-4-6-5(2)7/h3-4H2,1-2H3. The Labute approximate surface area is 59.8 Å². The molecule has 0 aromatic carbocycles. The Morgan fingerprint density at radius 3 is 2.75 bits per heavy atom. The molecular weight excluding hydrogens is 140 g/mol. The molecule has 0 N–H and O–H groups in total. The predicted molar refractivity (Wildman–Crippen MR) is 42.4 cm³/mol. The first-order valence-corrected chi connectivity index (χ1v) is 4.04. The minimum Gasteiger partial charge on any atom is -0.477 e. The molecule has 3 heteroatoms. The average molecular weight is 150 g/mol. The van der Waals surface area contributed by atoms with E-state index in [0.717, 1.165) is 5.75 Å². The van der Waals surface area contributed by atoms with Gasteiger partial charge in [-0.05, 0) is 18.0 Å². The van der Waals surface area contributed by atoms with Crippen molar-refractivity contribution >= 4 is 29.0 Å². The first-order valence-electron chi connectivity index (χ1n) is 2.48. The quantitative estimate of drug-likeness (QED) is 0.346. The number of hydrogen-bond donors (Lipinski definition) is 0. The first kappa shape index (κ1) is 8.24. The van der Waals surface area contributed by atoms with Gasteiger partial charge in [0.05, 0.1) is 0 Å². The van der Waals surface area contributed by atoms with Gasteiger partial charge in [0.25, 0.3) is 0 Å². The summed E-state index contributed by atoms with van der Waals surface area (Å²) in [6.07, 6.45) is 0. The van der Waals surface area contributed by atoms with Crippen LogP contribution in [-0.2, 0) is 4.74 Å². The monoisotopic (exact) mass is 150 g/mol. The zero-order valence-electron chi connectivity index (χ0n) is 5.14. The van der Waals surface area contributed by atoms with Crippen LogP contribution in [0.2, 0.25) is 0 Å². The molecule has 0 heterocycles. The molecule has 0 spiro atoms. The van der Waals surface area contributed by atoms with Gasteiger partial charge < -0.3 is 4.74 Å². The van der Waals surface area contributed by atoms with Gasteiger partial charge >= 0.3 is 0 Å². The first-order chi connectivity index (χ1) is 3.77. The highest BCUT2D eigenvalue weighted by Gasteiger charge is 1.84. The van der Waals surface area contributed by atoms with Crippen molar-refractivity contribution in [3.05, 3.63) is 0 Å². The molecule has 0 aromatic rings. The van der Waals surface area contributed by atoms with E-state index in [9.17, 15) is 0 Å². The third-order valence-corrected chi connectivity index (χ3v) is 1.36. The maximum absolute atomic E-state index is 4.98. The molecule has 0 saturated carbocycles. The van der Waals surface area contributed by atoms with Crippen LogP contribution in [0.5, 0.6) is 0 Å². The SMILES string of the molecule is CCSCOC(C)=S. The molecule has 0 saturated heterocycles. The van der Waals surface area contributed by atoms with Crippen LogP contribution in [0.3, 0.4) is 0 Å². The molecule has 0 unspecified atom stereocenters. The zero-order chi connectivity index (χ0) is 6.41. The fourth-order valence-corrected chi connectivity index (χ4v) is 0.768. The van der Waals surface area contributed by atoms with Crippen molar-refractivity contribution in [1.82, 2.24) is 0 Å². The zero-order valence-corrected chi connectivity index (χ0v) is 6.77. The van der Waals surface area contributed by atoms with Gasteiger partial charge in [-0.3, -0.25) is 0 Å². The number of thioether (sulfide) groups is 1. The molecular formula is C5H10OS2. The van der Waals surface area contributed by atoms with E-state index in [-0.39, 0.29) is 0 Å². The Hall–Kier alpha value is 0.240. The fourth-order valence-electron chi connectivity index (χ4n) is 0.208. The third-order valence-electron chi connectivity index (χ3n) is 0.550. The van der Waals surface area contributed by atoms with Crippen molar-refractivity contribution in [3.8, 4) is 0 Å². The summed E-state index contributed by atoms with van der Waals surface area (Å²) in [4.78, 5) is 0. The van der Waals surface area contributed by atoms with Crippen molar-refractivity contribution in [2.24, 2.45) is 0 Å². The molecule has 0 radical (unpaired) electrons. The normalized spacial score (nSPS) is 8.75. The highest BCUT2D eigenvalue weighted by molar-refractivity contribution is 7.99. The van der Waals surface area contributed by atoms with Gasteiger partial charge in [0, 0.05) is 6.92 Å². The molecule has 8 heavy (non-hydrogen) atoms. The van der Waals surface area contributed by atoms with E-state index < -0.39 is 0 Å². The minimum atomic E-state index is 0.631. The lowest BCUT2D eigenvalue weighted by Crippen LogP contribution is -1.94. The van der Waals surface area contributed by atoms with Crippen LogP contribution in [0.25, 0.3) is 0 Å². The van der Waals surface area contributed by atoms with E-state index in [2.05, 4.69) is 19.1 Å².